The van der Waals surface area contributed by atoms with E-state index in [2.05, 4.69) is 6.08 Å². The summed E-state index contributed by atoms with van der Waals surface area (Å²) in [7, 11) is 0. The molecule has 0 aromatic rings. The molecule has 0 bridgehead atoms. The Morgan fingerprint density at radius 2 is 1.62 bits per heavy atom. The van der Waals surface area contributed by atoms with Crippen LogP contribution in [-0.4, -0.2) is 12.6 Å². The van der Waals surface area contributed by atoms with E-state index in [4.69, 9.17) is 0 Å². The lowest BCUT2D eigenvalue weighted by molar-refractivity contribution is -0.110. The van der Waals surface area contributed by atoms with E-state index in [9.17, 15) is 9.59 Å². The molecule has 0 N–H and O–H groups in total. The predicted octanol–water partition coefficient (Wildman–Crippen LogP) is 3.72. The zero-order chi connectivity index (χ0) is 12.6. The summed E-state index contributed by atoms with van der Waals surface area (Å²) in [6.07, 6.45) is 13.6. The Labute approximate surface area is 99.4 Å². The molecule has 0 spiro atoms. The van der Waals surface area contributed by atoms with Crippen molar-refractivity contribution in [2.75, 3.05) is 0 Å². The molecule has 1 atom stereocenters. The van der Waals surface area contributed by atoms with Crippen molar-refractivity contribution < 1.29 is 9.59 Å². The van der Waals surface area contributed by atoms with E-state index in [0.29, 0.717) is 6.42 Å². The van der Waals surface area contributed by atoms with Gasteiger partial charge >= 0.3 is 0 Å². The van der Waals surface area contributed by atoms with Crippen molar-refractivity contribution in [2.24, 2.45) is 5.92 Å². The van der Waals surface area contributed by atoms with Gasteiger partial charge in [0.15, 0.2) is 0 Å². The van der Waals surface area contributed by atoms with Gasteiger partial charge < -0.3 is 9.59 Å². The summed E-state index contributed by atoms with van der Waals surface area (Å²) in [4.78, 5) is 19.7. The number of hydrogen-bond donors (Lipinski definition) is 0. The minimum atomic E-state index is 0.186. The molecule has 1 unspecified atom stereocenters. The van der Waals surface area contributed by atoms with Gasteiger partial charge in [0.2, 0.25) is 0 Å². The summed E-state index contributed by atoms with van der Waals surface area (Å²) in [5, 5.41) is 0. The first-order valence-electron chi connectivity index (χ1n) is 5.84. The molecule has 0 saturated carbocycles. The van der Waals surface area contributed by atoms with Gasteiger partial charge in [0.05, 0.1) is 0 Å². The molecule has 2 heteroatoms. The molecule has 0 aliphatic rings. The van der Waals surface area contributed by atoms with Crippen LogP contribution in [0.3, 0.4) is 0 Å². The Bertz CT molecular complexity index is 205. The molecular weight excluding hydrogens is 200 g/mol. The molecular formula is C14H24O2. The monoisotopic (exact) mass is 224 g/mol. The third-order valence-corrected chi connectivity index (χ3v) is 1.90. The minimum absolute atomic E-state index is 0.186. The van der Waals surface area contributed by atoms with E-state index in [1.807, 2.05) is 39.0 Å². The maximum Gasteiger partial charge on any atom is 0.123 e. The Morgan fingerprint density at radius 3 is 2.06 bits per heavy atom. The third kappa shape index (κ3) is 18.6. The van der Waals surface area contributed by atoms with E-state index < -0.39 is 0 Å². The van der Waals surface area contributed by atoms with Crippen LogP contribution in [0, 0.1) is 5.92 Å². The average molecular weight is 224 g/mol. The Kier molecular flexibility index (Phi) is 17.5. The largest absolute Gasteiger partial charge is 0.303 e. The average Bonchev–Trinajstić information content (AvgIpc) is 2.32. The molecule has 0 radical (unpaired) electrons. The molecule has 0 heterocycles. The Balaban J connectivity index is 0. The summed E-state index contributed by atoms with van der Waals surface area (Å²) >= 11 is 0. The van der Waals surface area contributed by atoms with Gasteiger partial charge in [-0.25, -0.2) is 0 Å². The lowest BCUT2D eigenvalue weighted by Crippen LogP contribution is -1.91. The number of allylic oxidation sites excluding steroid dienone is 4. The van der Waals surface area contributed by atoms with Crippen molar-refractivity contribution in [2.45, 2.75) is 46.5 Å². The fourth-order valence-electron chi connectivity index (χ4n) is 0.892. The second-order valence-electron chi connectivity index (χ2n) is 3.58. The molecule has 0 fully saturated rings. The molecule has 0 aromatic heterocycles. The van der Waals surface area contributed by atoms with E-state index in [1.165, 1.54) is 0 Å². The zero-order valence-electron chi connectivity index (χ0n) is 10.7. The SMILES string of the molecule is C/C=C/CC(C)C=O.C/C=C/CCCC=O. The van der Waals surface area contributed by atoms with Crippen LogP contribution >= 0.6 is 0 Å². The van der Waals surface area contributed by atoms with Crippen molar-refractivity contribution in [3.8, 4) is 0 Å². The molecule has 0 amide bonds. The van der Waals surface area contributed by atoms with E-state index >= 15 is 0 Å². The van der Waals surface area contributed by atoms with Gasteiger partial charge in [0.1, 0.15) is 12.6 Å². The number of hydrogen-bond acceptors (Lipinski definition) is 2. The topological polar surface area (TPSA) is 34.1 Å². The second kappa shape index (κ2) is 16.3. The summed E-state index contributed by atoms with van der Waals surface area (Å²) < 4.78 is 0. The van der Waals surface area contributed by atoms with Gasteiger partial charge in [0.25, 0.3) is 0 Å². The molecule has 92 valence electrons. The molecule has 2 nitrogen and oxygen atoms in total. The molecule has 0 rings (SSSR count). The maximum absolute atomic E-state index is 9.98. The lowest BCUT2D eigenvalue weighted by atomic mass is 10.1. The fourth-order valence-corrected chi connectivity index (χ4v) is 0.892. The third-order valence-electron chi connectivity index (χ3n) is 1.90. The highest BCUT2D eigenvalue weighted by molar-refractivity contribution is 5.52. The summed E-state index contributed by atoms with van der Waals surface area (Å²) in [5.41, 5.74) is 0. The van der Waals surface area contributed by atoms with Gasteiger partial charge in [-0.05, 0) is 33.1 Å². The summed E-state index contributed by atoms with van der Waals surface area (Å²) in [5.74, 6) is 0.186. The fraction of sp³-hybridized carbons (Fsp3) is 0.571. The van der Waals surface area contributed by atoms with Gasteiger partial charge in [-0.15, -0.1) is 0 Å². The lowest BCUT2D eigenvalue weighted by Gasteiger charge is -1.92. The number of carbonyl (C=O) groups excluding carboxylic acids is 2. The quantitative estimate of drug-likeness (QED) is 0.375. The smallest absolute Gasteiger partial charge is 0.123 e. The normalized spacial score (nSPS) is 12.2. The van der Waals surface area contributed by atoms with Crippen LogP contribution in [0.2, 0.25) is 0 Å². The van der Waals surface area contributed by atoms with E-state index in [0.717, 1.165) is 31.8 Å². The van der Waals surface area contributed by atoms with Crippen LogP contribution in [0.4, 0.5) is 0 Å². The standard InChI is InChI=1S/2C7H12O/c1-3-4-5-7(2)6-8;1-2-3-4-5-6-7-8/h3-4,6-7H,5H2,1-2H3;2-3,7H,4-6H2,1H3/b4-3+;3-2+. The number of rotatable bonds is 7. The van der Waals surface area contributed by atoms with Gasteiger partial charge in [0, 0.05) is 12.3 Å². The van der Waals surface area contributed by atoms with E-state index in [1.54, 1.807) is 0 Å². The van der Waals surface area contributed by atoms with Crippen LogP contribution in [0.5, 0.6) is 0 Å². The summed E-state index contributed by atoms with van der Waals surface area (Å²) in [6.45, 7) is 5.85. The van der Waals surface area contributed by atoms with Crippen molar-refractivity contribution in [3.05, 3.63) is 24.3 Å². The van der Waals surface area contributed by atoms with Crippen molar-refractivity contribution in [3.63, 3.8) is 0 Å². The van der Waals surface area contributed by atoms with Crippen LogP contribution in [-0.2, 0) is 9.59 Å². The van der Waals surface area contributed by atoms with Crippen LogP contribution in [0.15, 0.2) is 24.3 Å². The molecule has 0 saturated heterocycles. The summed E-state index contributed by atoms with van der Waals surface area (Å²) in [6, 6.07) is 0. The zero-order valence-corrected chi connectivity index (χ0v) is 10.7. The highest BCUT2D eigenvalue weighted by Crippen LogP contribution is 1.96. The highest BCUT2D eigenvalue weighted by atomic mass is 16.1. The minimum Gasteiger partial charge on any atom is -0.303 e. The van der Waals surface area contributed by atoms with Gasteiger partial charge in [-0.2, -0.15) is 0 Å². The highest BCUT2D eigenvalue weighted by Gasteiger charge is 1.91. The molecule has 16 heavy (non-hydrogen) atoms. The maximum atomic E-state index is 9.98. The number of aldehydes is 2. The first-order valence-corrected chi connectivity index (χ1v) is 5.84. The Morgan fingerprint density at radius 1 is 1.00 bits per heavy atom. The van der Waals surface area contributed by atoms with Crippen molar-refractivity contribution in [1.82, 2.24) is 0 Å². The Hall–Kier alpha value is -1.18. The second-order valence-corrected chi connectivity index (χ2v) is 3.58. The van der Waals surface area contributed by atoms with Crippen LogP contribution in [0.1, 0.15) is 46.5 Å². The number of unbranched alkanes of at least 4 members (excludes halogenated alkanes) is 2. The van der Waals surface area contributed by atoms with Crippen LogP contribution in [0.25, 0.3) is 0 Å². The first kappa shape index (κ1) is 17.2. The predicted molar refractivity (Wildman–Crippen MR) is 69.4 cm³/mol. The van der Waals surface area contributed by atoms with Gasteiger partial charge in [-0.1, -0.05) is 31.2 Å². The number of carbonyl (C=O) groups is 2. The van der Waals surface area contributed by atoms with Crippen molar-refractivity contribution >= 4 is 12.6 Å². The molecule has 0 aromatic carbocycles. The van der Waals surface area contributed by atoms with E-state index in [-0.39, 0.29) is 5.92 Å². The van der Waals surface area contributed by atoms with Gasteiger partial charge in [-0.3, -0.25) is 0 Å². The van der Waals surface area contributed by atoms with Crippen molar-refractivity contribution in [1.29, 1.82) is 0 Å². The first-order chi connectivity index (χ1) is 7.72. The molecule has 0 aliphatic heterocycles. The molecule has 0 aliphatic carbocycles. The van der Waals surface area contributed by atoms with Crippen LogP contribution < -0.4 is 0 Å².